The summed E-state index contributed by atoms with van der Waals surface area (Å²) in [5, 5.41) is 7.20. The van der Waals surface area contributed by atoms with Gasteiger partial charge in [0.25, 0.3) is 0 Å². The van der Waals surface area contributed by atoms with Crippen molar-refractivity contribution in [1.29, 1.82) is 0 Å². The van der Waals surface area contributed by atoms with Gasteiger partial charge in [0.15, 0.2) is 5.82 Å². The molecule has 0 spiro atoms. The number of hydrogen-bond acceptors (Lipinski definition) is 10. The Morgan fingerprint density at radius 2 is 2.02 bits per heavy atom. The Kier molecular flexibility index (Phi) is 6.98. The lowest BCUT2D eigenvalue weighted by atomic mass is 10.1. The standard InChI is InChI=1S/C26H28N8O4S2/c1-17-16-38-12-11-34(17)22-14-20(26(6-7-26)40(36,37)25-29-10-13-39-25)32-23(33-22)18-2-4-19(5-3-18)31-24(35)30-15-21-27-8-9-28-21/h2-5,8-10,13-14,17H,6-7,11-12,15-16H2,1H3,(H,27,28)(H2,30,31,35)/t17-/m0/s1. The Bertz CT molecular complexity index is 1590. The van der Waals surface area contributed by atoms with Gasteiger partial charge in [-0.1, -0.05) is 0 Å². The number of morpholine rings is 1. The number of H-pyrrole nitrogens is 1. The third-order valence-corrected chi connectivity index (χ3v) is 10.8. The number of carbonyl (C=O) groups excluding carboxylic acids is 1. The highest BCUT2D eigenvalue weighted by atomic mass is 32.2. The number of amides is 2. The molecule has 0 unspecified atom stereocenters. The second-order valence-corrected chi connectivity index (χ2v) is 13.1. The molecule has 0 bridgehead atoms. The van der Waals surface area contributed by atoms with Crippen molar-refractivity contribution in [3.8, 4) is 11.4 Å². The van der Waals surface area contributed by atoms with E-state index in [0.717, 1.165) is 11.3 Å². The number of aromatic amines is 1. The number of thiazole rings is 1. The molecule has 2 amide bonds. The average Bonchev–Trinajstić information content (AvgIpc) is 3.33. The summed E-state index contributed by atoms with van der Waals surface area (Å²) in [6, 6.07) is 8.64. The predicted molar refractivity (Wildman–Crippen MR) is 150 cm³/mol. The van der Waals surface area contributed by atoms with Crippen molar-refractivity contribution in [2.75, 3.05) is 30.0 Å². The Labute approximate surface area is 235 Å². The van der Waals surface area contributed by atoms with Crippen molar-refractivity contribution in [3.05, 3.63) is 65.8 Å². The quantitative estimate of drug-likeness (QED) is 0.285. The number of rotatable bonds is 8. The van der Waals surface area contributed by atoms with Crippen LogP contribution in [0.1, 0.15) is 31.3 Å². The van der Waals surface area contributed by atoms with Crippen LogP contribution in [0.25, 0.3) is 11.4 Å². The van der Waals surface area contributed by atoms with Crippen molar-refractivity contribution in [2.24, 2.45) is 0 Å². The molecule has 14 heteroatoms. The summed E-state index contributed by atoms with van der Waals surface area (Å²) in [5.74, 6) is 1.73. The second kappa shape index (κ2) is 10.6. The van der Waals surface area contributed by atoms with E-state index in [1.54, 1.807) is 29.9 Å². The minimum absolute atomic E-state index is 0.0707. The van der Waals surface area contributed by atoms with Gasteiger partial charge in [-0.05, 0) is 44.0 Å². The van der Waals surface area contributed by atoms with Crippen LogP contribution in [0.4, 0.5) is 16.3 Å². The highest BCUT2D eigenvalue weighted by molar-refractivity contribution is 7.94. The summed E-state index contributed by atoms with van der Waals surface area (Å²) in [6.07, 6.45) is 5.76. The third-order valence-electron chi connectivity index (χ3n) is 7.07. The van der Waals surface area contributed by atoms with Crippen molar-refractivity contribution in [2.45, 2.75) is 41.4 Å². The molecule has 2 fully saturated rings. The van der Waals surface area contributed by atoms with Gasteiger partial charge < -0.3 is 25.3 Å². The number of urea groups is 1. The van der Waals surface area contributed by atoms with E-state index in [-0.39, 0.29) is 23.0 Å². The fourth-order valence-corrected chi connectivity index (χ4v) is 7.80. The van der Waals surface area contributed by atoms with Crippen LogP contribution in [0.2, 0.25) is 0 Å². The largest absolute Gasteiger partial charge is 0.377 e. The molecule has 1 atom stereocenters. The van der Waals surface area contributed by atoms with E-state index in [1.165, 1.54) is 6.20 Å². The minimum atomic E-state index is -3.73. The summed E-state index contributed by atoms with van der Waals surface area (Å²) < 4.78 is 31.9. The molecule has 1 saturated carbocycles. The van der Waals surface area contributed by atoms with Crippen LogP contribution in [-0.2, 0) is 25.9 Å². The Balaban J connectivity index is 1.30. The summed E-state index contributed by atoms with van der Waals surface area (Å²) in [7, 11) is -3.73. The maximum absolute atomic E-state index is 13.7. The molecular formula is C26H28N8O4S2. The highest BCUT2D eigenvalue weighted by Crippen LogP contribution is 2.55. The number of imidazole rings is 1. The zero-order valence-corrected chi connectivity index (χ0v) is 23.3. The Morgan fingerprint density at radius 3 is 2.70 bits per heavy atom. The molecule has 1 aromatic carbocycles. The van der Waals surface area contributed by atoms with Crippen molar-refractivity contribution < 1.29 is 17.9 Å². The maximum atomic E-state index is 13.7. The van der Waals surface area contributed by atoms with Gasteiger partial charge in [0, 0.05) is 47.8 Å². The second-order valence-electron chi connectivity index (χ2n) is 9.77. The summed E-state index contributed by atoms with van der Waals surface area (Å²) in [4.78, 5) is 35.2. The molecule has 3 N–H and O–H groups in total. The van der Waals surface area contributed by atoms with Crippen LogP contribution in [0.15, 0.2) is 58.6 Å². The first-order valence-electron chi connectivity index (χ1n) is 12.9. The van der Waals surface area contributed by atoms with Crippen molar-refractivity contribution in [3.63, 3.8) is 0 Å². The Morgan fingerprint density at radius 1 is 1.20 bits per heavy atom. The van der Waals surface area contributed by atoms with Crippen LogP contribution in [-0.4, -0.2) is 65.2 Å². The van der Waals surface area contributed by atoms with Gasteiger partial charge in [0.05, 0.1) is 31.5 Å². The molecule has 1 aliphatic heterocycles. The van der Waals surface area contributed by atoms with Gasteiger partial charge in [0.1, 0.15) is 16.4 Å². The van der Waals surface area contributed by atoms with Gasteiger partial charge in [0.2, 0.25) is 14.2 Å². The number of nitrogens with one attached hydrogen (secondary N) is 3. The number of anilines is 2. The van der Waals surface area contributed by atoms with Gasteiger partial charge in [-0.3, -0.25) is 0 Å². The molecule has 40 heavy (non-hydrogen) atoms. The first-order valence-corrected chi connectivity index (χ1v) is 15.2. The summed E-state index contributed by atoms with van der Waals surface area (Å²) >= 11 is 1.12. The van der Waals surface area contributed by atoms with Crippen LogP contribution in [0.3, 0.4) is 0 Å². The van der Waals surface area contributed by atoms with E-state index in [0.29, 0.717) is 67.0 Å². The minimum Gasteiger partial charge on any atom is -0.377 e. The van der Waals surface area contributed by atoms with Crippen molar-refractivity contribution in [1.82, 2.24) is 30.2 Å². The van der Waals surface area contributed by atoms with E-state index in [1.807, 2.05) is 18.2 Å². The number of carbonyl (C=O) groups is 1. The molecule has 208 valence electrons. The number of hydrogen-bond donors (Lipinski definition) is 3. The number of ether oxygens (including phenoxy) is 1. The molecule has 4 heterocycles. The van der Waals surface area contributed by atoms with E-state index in [9.17, 15) is 13.2 Å². The van der Waals surface area contributed by atoms with Crippen LogP contribution < -0.4 is 15.5 Å². The molecule has 1 aliphatic carbocycles. The maximum Gasteiger partial charge on any atom is 0.319 e. The summed E-state index contributed by atoms with van der Waals surface area (Å²) in [6.45, 7) is 4.08. The topological polar surface area (TPSA) is 155 Å². The van der Waals surface area contributed by atoms with Gasteiger partial charge in [-0.2, -0.15) is 0 Å². The van der Waals surface area contributed by atoms with Crippen molar-refractivity contribution >= 4 is 38.7 Å². The van der Waals surface area contributed by atoms with Crippen LogP contribution in [0.5, 0.6) is 0 Å². The molecule has 4 aromatic rings. The zero-order valence-electron chi connectivity index (χ0n) is 21.7. The molecule has 6 rings (SSSR count). The van der Waals surface area contributed by atoms with Crippen LogP contribution >= 0.6 is 11.3 Å². The molecule has 2 aliphatic rings. The third kappa shape index (κ3) is 5.05. The molecule has 0 radical (unpaired) electrons. The first-order chi connectivity index (χ1) is 19.4. The summed E-state index contributed by atoms with van der Waals surface area (Å²) in [5.41, 5.74) is 1.76. The van der Waals surface area contributed by atoms with Crippen LogP contribution in [0, 0.1) is 0 Å². The van der Waals surface area contributed by atoms with Gasteiger partial charge in [-0.25, -0.2) is 33.1 Å². The number of sulfone groups is 1. The number of nitrogens with zero attached hydrogens (tertiary/aromatic N) is 5. The fraction of sp³-hybridized carbons (Fsp3) is 0.346. The van der Waals surface area contributed by atoms with E-state index < -0.39 is 14.6 Å². The van der Waals surface area contributed by atoms with E-state index >= 15 is 0 Å². The predicted octanol–water partition coefficient (Wildman–Crippen LogP) is 3.33. The molecular weight excluding hydrogens is 552 g/mol. The lowest BCUT2D eigenvalue weighted by molar-refractivity contribution is 0.0985. The smallest absolute Gasteiger partial charge is 0.319 e. The lowest BCUT2D eigenvalue weighted by Crippen LogP contribution is -2.44. The van der Waals surface area contributed by atoms with E-state index in [4.69, 9.17) is 14.7 Å². The molecule has 12 nitrogen and oxygen atoms in total. The zero-order chi connectivity index (χ0) is 27.7. The fourth-order valence-electron chi connectivity index (χ4n) is 4.73. The van der Waals surface area contributed by atoms with Gasteiger partial charge in [-0.15, -0.1) is 11.3 Å². The number of aromatic nitrogens is 5. The lowest BCUT2D eigenvalue weighted by Gasteiger charge is -2.34. The molecule has 3 aromatic heterocycles. The highest BCUT2D eigenvalue weighted by Gasteiger charge is 2.59. The SMILES string of the molecule is C[C@H]1COCCN1c1cc(C2(S(=O)(=O)c3nccs3)CC2)nc(-c2ccc(NC(=O)NCc3ncc[nH]3)cc2)n1. The Hall–Kier alpha value is -3.88. The van der Waals surface area contributed by atoms with E-state index in [2.05, 4.69) is 37.4 Å². The average molecular weight is 581 g/mol. The normalized spacial score (nSPS) is 18.3. The first kappa shape index (κ1) is 26.3. The molecule has 1 saturated heterocycles. The number of benzene rings is 1. The van der Waals surface area contributed by atoms with Gasteiger partial charge >= 0.3 is 6.03 Å². The monoisotopic (exact) mass is 580 g/mol.